The van der Waals surface area contributed by atoms with Crippen molar-refractivity contribution in [2.24, 2.45) is 0 Å². The summed E-state index contributed by atoms with van der Waals surface area (Å²) in [5.74, 6) is 0.243. The number of nitrogens with zero attached hydrogens (tertiary/aromatic N) is 2. The lowest BCUT2D eigenvalue weighted by Gasteiger charge is -2.41. The van der Waals surface area contributed by atoms with Gasteiger partial charge in [0, 0.05) is 26.6 Å². The third kappa shape index (κ3) is 1.30. The molecule has 13 heavy (non-hydrogen) atoms. The van der Waals surface area contributed by atoms with Crippen molar-refractivity contribution in [1.29, 1.82) is 0 Å². The first-order valence-corrected chi connectivity index (χ1v) is 4.74. The first kappa shape index (κ1) is 8.53. The van der Waals surface area contributed by atoms with E-state index in [9.17, 15) is 9.59 Å². The minimum atomic E-state index is -0.113. The second kappa shape index (κ2) is 3.01. The molecular formula is C9H14N2O2. The molecule has 72 valence electrons. The highest BCUT2D eigenvalue weighted by Gasteiger charge is 2.37. The summed E-state index contributed by atoms with van der Waals surface area (Å²) in [5.41, 5.74) is 0. The lowest BCUT2D eigenvalue weighted by atomic mass is 9.96. The smallest absolute Gasteiger partial charge is 0.320 e. The molecule has 0 N–H and O–H groups in total. The zero-order valence-corrected chi connectivity index (χ0v) is 7.82. The number of urea groups is 1. The molecule has 0 aromatic heterocycles. The zero-order valence-electron chi connectivity index (χ0n) is 7.82. The standard InChI is InChI=1S/C9H14N2O2/c1-10-6-4-7-8(12)3-2-5-11(7)9(10)13/h7H,2-6H2,1H3. The third-order valence-electron chi connectivity index (χ3n) is 2.88. The number of piperidine rings is 1. The number of rotatable bonds is 0. The molecule has 2 aliphatic heterocycles. The van der Waals surface area contributed by atoms with Crippen LogP contribution < -0.4 is 0 Å². The third-order valence-corrected chi connectivity index (χ3v) is 2.88. The van der Waals surface area contributed by atoms with Gasteiger partial charge in [-0.2, -0.15) is 0 Å². The van der Waals surface area contributed by atoms with Crippen molar-refractivity contribution in [2.75, 3.05) is 20.1 Å². The number of ketones is 1. The van der Waals surface area contributed by atoms with E-state index >= 15 is 0 Å². The van der Waals surface area contributed by atoms with Crippen molar-refractivity contribution in [3.8, 4) is 0 Å². The Labute approximate surface area is 77.5 Å². The van der Waals surface area contributed by atoms with Crippen molar-refractivity contribution in [1.82, 2.24) is 9.80 Å². The topological polar surface area (TPSA) is 40.6 Å². The van der Waals surface area contributed by atoms with Gasteiger partial charge in [-0.1, -0.05) is 0 Å². The Morgan fingerprint density at radius 2 is 2.08 bits per heavy atom. The minimum Gasteiger partial charge on any atom is -0.328 e. The quantitative estimate of drug-likeness (QED) is 0.546. The molecule has 2 rings (SSSR count). The minimum absolute atomic E-state index is 0.0179. The second-order valence-corrected chi connectivity index (χ2v) is 3.77. The molecule has 0 spiro atoms. The van der Waals surface area contributed by atoms with Crippen molar-refractivity contribution in [3.63, 3.8) is 0 Å². The van der Waals surface area contributed by atoms with E-state index in [2.05, 4.69) is 0 Å². The SMILES string of the molecule is CN1CCC2C(=O)CCCN2C1=O. The average molecular weight is 182 g/mol. The fourth-order valence-electron chi connectivity index (χ4n) is 2.10. The first-order valence-electron chi connectivity index (χ1n) is 4.74. The van der Waals surface area contributed by atoms with Crippen LogP contribution in [-0.2, 0) is 4.79 Å². The number of hydrogen-bond donors (Lipinski definition) is 0. The Bertz CT molecular complexity index is 252. The number of carbonyl (C=O) groups excluding carboxylic acids is 2. The van der Waals surface area contributed by atoms with Gasteiger partial charge >= 0.3 is 6.03 Å². The molecule has 0 bridgehead atoms. The number of amides is 2. The Hall–Kier alpha value is -1.06. The maximum absolute atomic E-state index is 11.6. The van der Waals surface area contributed by atoms with Crippen LogP contribution in [0, 0.1) is 0 Å². The van der Waals surface area contributed by atoms with Gasteiger partial charge in [0.15, 0.2) is 5.78 Å². The van der Waals surface area contributed by atoms with E-state index in [4.69, 9.17) is 0 Å². The monoisotopic (exact) mass is 182 g/mol. The van der Waals surface area contributed by atoms with Gasteiger partial charge < -0.3 is 9.80 Å². The fraction of sp³-hybridized carbons (Fsp3) is 0.778. The number of carbonyl (C=O) groups is 2. The molecule has 0 aliphatic carbocycles. The van der Waals surface area contributed by atoms with E-state index in [1.165, 1.54) is 0 Å². The maximum Gasteiger partial charge on any atom is 0.320 e. The molecule has 0 aromatic rings. The van der Waals surface area contributed by atoms with Gasteiger partial charge in [-0.3, -0.25) is 4.79 Å². The molecule has 1 unspecified atom stereocenters. The lowest BCUT2D eigenvalue weighted by molar-refractivity contribution is -0.127. The summed E-state index contributed by atoms with van der Waals surface area (Å²) >= 11 is 0. The van der Waals surface area contributed by atoms with Gasteiger partial charge in [-0.05, 0) is 12.8 Å². The molecule has 2 fully saturated rings. The normalized spacial score (nSPS) is 29.2. The molecule has 0 saturated carbocycles. The van der Waals surface area contributed by atoms with Crippen LogP contribution in [0.3, 0.4) is 0 Å². The Balaban J connectivity index is 2.17. The van der Waals surface area contributed by atoms with E-state index in [0.29, 0.717) is 13.0 Å². The van der Waals surface area contributed by atoms with Crippen LogP contribution in [0.15, 0.2) is 0 Å². The summed E-state index contributed by atoms with van der Waals surface area (Å²) in [6, 6.07) is -0.0956. The highest BCUT2D eigenvalue weighted by Crippen LogP contribution is 2.22. The van der Waals surface area contributed by atoms with Gasteiger partial charge in [-0.15, -0.1) is 0 Å². The van der Waals surface area contributed by atoms with Crippen molar-refractivity contribution in [2.45, 2.75) is 25.3 Å². The van der Waals surface area contributed by atoms with Crippen LogP contribution in [0.1, 0.15) is 19.3 Å². The van der Waals surface area contributed by atoms with E-state index < -0.39 is 0 Å². The molecule has 0 aromatic carbocycles. The first-order chi connectivity index (χ1) is 6.20. The summed E-state index contributed by atoms with van der Waals surface area (Å²) in [5, 5.41) is 0. The molecule has 0 radical (unpaired) electrons. The number of hydrogen-bond acceptors (Lipinski definition) is 2. The van der Waals surface area contributed by atoms with Crippen LogP contribution in [0.5, 0.6) is 0 Å². The Morgan fingerprint density at radius 3 is 2.85 bits per heavy atom. The number of Topliss-reactive ketones (excluding diaryl/α,β-unsaturated/α-hetero) is 1. The van der Waals surface area contributed by atoms with E-state index in [-0.39, 0.29) is 17.9 Å². The predicted molar refractivity (Wildman–Crippen MR) is 47.4 cm³/mol. The average Bonchev–Trinajstić information content (AvgIpc) is 2.12. The zero-order chi connectivity index (χ0) is 9.42. The van der Waals surface area contributed by atoms with Gasteiger partial charge in [0.1, 0.15) is 0 Å². The molecule has 2 heterocycles. The van der Waals surface area contributed by atoms with Crippen molar-refractivity contribution < 1.29 is 9.59 Å². The van der Waals surface area contributed by atoms with Crippen LogP contribution in [-0.4, -0.2) is 47.8 Å². The summed E-state index contributed by atoms with van der Waals surface area (Å²) in [6.45, 7) is 1.46. The molecule has 1 atom stereocenters. The Kier molecular flexibility index (Phi) is 1.98. The van der Waals surface area contributed by atoms with E-state index in [0.717, 1.165) is 19.4 Å². The number of fused-ring (bicyclic) bond motifs is 1. The van der Waals surface area contributed by atoms with Gasteiger partial charge in [0.05, 0.1) is 6.04 Å². The summed E-state index contributed by atoms with van der Waals surface area (Å²) < 4.78 is 0. The molecule has 4 nitrogen and oxygen atoms in total. The van der Waals surface area contributed by atoms with E-state index in [1.54, 1.807) is 16.8 Å². The highest BCUT2D eigenvalue weighted by molar-refractivity contribution is 5.90. The largest absolute Gasteiger partial charge is 0.328 e. The van der Waals surface area contributed by atoms with Gasteiger partial charge in [0.2, 0.25) is 0 Å². The molecule has 2 amide bonds. The van der Waals surface area contributed by atoms with Gasteiger partial charge in [0.25, 0.3) is 0 Å². The van der Waals surface area contributed by atoms with Crippen molar-refractivity contribution in [3.05, 3.63) is 0 Å². The van der Waals surface area contributed by atoms with Crippen LogP contribution in [0.4, 0.5) is 4.79 Å². The molecule has 2 aliphatic rings. The maximum atomic E-state index is 11.6. The molecular weight excluding hydrogens is 168 g/mol. The molecule has 4 heteroatoms. The summed E-state index contributed by atoms with van der Waals surface area (Å²) in [4.78, 5) is 26.5. The van der Waals surface area contributed by atoms with Crippen LogP contribution in [0.2, 0.25) is 0 Å². The van der Waals surface area contributed by atoms with Gasteiger partial charge in [-0.25, -0.2) is 4.79 Å². The fourth-order valence-corrected chi connectivity index (χ4v) is 2.10. The molecule has 2 saturated heterocycles. The summed E-state index contributed by atoms with van der Waals surface area (Å²) in [7, 11) is 1.79. The van der Waals surface area contributed by atoms with Crippen LogP contribution >= 0.6 is 0 Å². The second-order valence-electron chi connectivity index (χ2n) is 3.77. The predicted octanol–water partition coefficient (Wildman–Crippen LogP) is 0.475. The van der Waals surface area contributed by atoms with E-state index in [1.807, 2.05) is 0 Å². The van der Waals surface area contributed by atoms with Crippen LogP contribution in [0.25, 0.3) is 0 Å². The Morgan fingerprint density at radius 1 is 1.31 bits per heavy atom. The highest BCUT2D eigenvalue weighted by atomic mass is 16.2. The summed E-state index contributed by atoms with van der Waals surface area (Å²) in [6.07, 6.45) is 2.29. The lowest BCUT2D eigenvalue weighted by Crippen LogP contribution is -2.57. The van der Waals surface area contributed by atoms with Crippen molar-refractivity contribution >= 4 is 11.8 Å².